The average molecular weight is 339 g/mol. The van der Waals surface area contributed by atoms with Crippen LogP contribution in [0.3, 0.4) is 0 Å². The van der Waals surface area contributed by atoms with Crippen LogP contribution in [-0.2, 0) is 17.8 Å². The number of hydrogen-bond acceptors (Lipinski definition) is 4. The molecular weight excluding hydrogens is 321 g/mol. The third kappa shape index (κ3) is 4.47. The molecule has 1 aromatic carbocycles. The number of rotatable bonds is 6. The smallest absolute Gasteiger partial charge is 0.220 e. The molecule has 6 nitrogen and oxygen atoms in total. The Balaban J connectivity index is 1.49. The zero-order chi connectivity index (χ0) is 17.6. The van der Waals surface area contributed by atoms with Gasteiger partial charge in [0.1, 0.15) is 11.5 Å². The lowest BCUT2D eigenvalue weighted by Gasteiger charge is -2.04. The molecule has 1 N–H and O–H groups in total. The van der Waals surface area contributed by atoms with E-state index in [1.54, 1.807) is 36.3 Å². The van der Waals surface area contributed by atoms with E-state index in [2.05, 4.69) is 20.6 Å². The highest BCUT2D eigenvalue weighted by Gasteiger charge is 2.07. The van der Waals surface area contributed by atoms with Gasteiger partial charge in [0, 0.05) is 18.8 Å². The summed E-state index contributed by atoms with van der Waals surface area (Å²) in [6, 6.07) is 8.67. The molecule has 2 heterocycles. The van der Waals surface area contributed by atoms with Crippen molar-refractivity contribution in [2.24, 2.45) is 0 Å². The van der Waals surface area contributed by atoms with Gasteiger partial charge in [-0.15, -0.1) is 5.10 Å². The molecule has 3 aromatic rings. The molecule has 0 aliphatic heterocycles. The van der Waals surface area contributed by atoms with Gasteiger partial charge in [0.15, 0.2) is 0 Å². The van der Waals surface area contributed by atoms with Crippen LogP contribution < -0.4 is 5.32 Å². The third-order valence-electron chi connectivity index (χ3n) is 3.81. The van der Waals surface area contributed by atoms with Crippen LogP contribution in [0, 0.1) is 12.7 Å². The van der Waals surface area contributed by atoms with Crippen molar-refractivity contribution in [3.8, 4) is 5.69 Å². The molecular formula is C18H18FN5O. The molecule has 0 saturated heterocycles. The lowest BCUT2D eigenvalue weighted by atomic mass is 10.1. The van der Waals surface area contributed by atoms with E-state index in [1.807, 2.05) is 18.2 Å². The highest BCUT2D eigenvalue weighted by atomic mass is 19.1. The van der Waals surface area contributed by atoms with E-state index in [4.69, 9.17) is 0 Å². The van der Waals surface area contributed by atoms with Crippen molar-refractivity contribution >= 4 is 5.91 Å². The Hall–Kier alpha value is -3.09. The molecule has 128 valence electrons. The Bertz CT molecular complexity index is 863. The number of aromatic nitrogens is 4. The Morgan fingerprint density at radius 3 is 2.80 bits per heavy atom. The SMILES string of the molecule is Cc1ccc(CCC(=O)NCc2cn(-c3ccncc3)nn2)cc1F. The maximum atomic E-state index is 13.5. The molecule has 0 atom stereocenters. The first-order chi connectivity index (χ1) is 12.1. The largest absolute Gasteiger partial charge is 0.350 e. The summed E-state index contributed by atoms with van der Waals surface area (Å²) in [6.45, 7) is 2.01. The normalized spacial score (nSPS) is 10.6. The molecule has 0 spiro atoms. The van der Waals surface area contributed by atoms with Crippen LogP contribution in [0.25, 0.3) is 5.69 Å². The molecule has 0 fully saturated rings. The monoisotopic (exact) mass is 339 g/mol. The van der Waals surface area contributed by atoms with Gasteiger partial charge in [-0.1, -0.05) is 17.3 Å². The number of halogens is 1. The first kappa shape index (κ1) is 16.8. The highest BCUT2D eigenvalue weighted by Crippen LogP contribution is 2.11. The lowest BCUT2D eigenvalue weighted by molar-refractivity contribution is -0.121. The Morgan fingerprint density at radius 2 is 2.04 bits per heavy atom. The number of hydrogen-bond donors (Lipinski definition) is 1. The molecule has 3 rings (SSSR count). The number of nitrogens with one attached hydrogen (secondary N) is 1. The summed E-state index contributed by atoms with van der Waals surface area (Å²) in [4.78, 5) is 15.9. The Labute approximate surface area is 144 Å². The predicted molar refractivity (Wildman–Crippen MR) is 90.5 cm³/mol. The van der Waals surface area contributed by atoms with Gasteiger partial charge in [-0.3, -0.25) is 9.78 Å². The fraction of sp³-hybridized carbons (Fsp3) is 0.222. The molecule has 7 heteroatoms. The van der Waals surface area contributed by atoms with Crippen LogP contribution in [0.1, 0.15) is 23.2 Å². The van der Waals surface area contributed by atoms with Crippen LogP contribution in [0.5, 0.6) is 0 Å². The quantitative estimate of drug-likeness (QED) is 0.748. The minimum atomic E-state index is -0.245. The molecule has 0 radical (unpaired) electrons. The van der Waals surface area contributed by atoms with Crippen molar-refractivity contribution in [2.75, 3.05) is 0 Å². The molecule has 0 bridgehead atoms. The Morgan fingerprint density at radius 1 is 1.24 bits per heavy atom. The van der Waals surface area contributed by atoms with Crippen molar-refractivity contribution in [1.82, 2.24) is 25.3 Å². The molecule has 25 heavy (non-hydrogen) atoms. The number of pyridine rings is 1. The van der Waals surface area contributed by atoms with Crippen LogP contribution in [0.2, 0.25) is 0 Å². The third-order valence-corrected chi connectivity index (χ3v) is 3.81. The van der Waals surface area contributed by atoms with Gasteiger partial charge in [-0.25, -0.2) is 9.07 Å². The zero-order valence-electron chi connectivity index (χ0n) is 13.8. The van der Waals surface area contributed by atoms with E-state index in [1.165, 1.54) is 6.07 Å². The van der Waals surface area contributed by atoms with Crippen molar-refractivity contribution in [3.63, 3.8) is 0 Å². The zero-order valence-corrected chi connectivity index (χ0v) is 13.8. The van der Waals surface area contributed by atoms with Gasteiger partial charge in [-0.2, -0.15) is 0 Å². The summed E-state index contributed by atoms with van der Waals surface area (Å²) in [5.41, 5.74) is 2.92. The van der Waals surface area contributed by atoms with E-state index >= 15 is 0 Å². The van der Waals surface area contributed by atoms with Gasteiger partial charge in [-0.05, 0) is 42.7 Å². The van der Waals surface area contributed by atoms with Crippen LogP contribution in [-0.4, -0.2) is 25.9 Å². The second-order valence-corrected chi connectivity index (χ2v) is 5.72. The number of aryl methyl sites for hydroxylation is 2. The average Bonchev–Trinajstić information content (AvgIpc) is 3.11. The lowest BCUT2D eigenvalue weighted by Crippen LogP contribution is -2.23. The summed E-state index contributed by atoms with van der Waals surface area (Å²) in [7, 11) is 0. The second kappa shape index (κ2) is 7.65. The first-order valence-corrected chi connectivity index (χ1v) is 7.95. The first-order valence-electron chi connectivity index (χ1n) is 7.95. The van der Waals surface area contributed by atoms with Gasteiger partial charge in [0.25, 0.3) is 0 Å². The van der Waals surface area contributed by atoms with Crippen molar-refractivity contribution in [1.29, 1.82) is 0 Å². The van der Waals surface area contributed by atoms with Gasteiger partial charge >= 0.3 is 0 Å². The molecule has 1 amide bonds. The summed E-state index contributed by atoms with van der Waals surface area (Å²) in [5.74, 6) is -0.356. The van der Waals surface area contributed by atoms with E-state index in [-0.39, 0.29) is 11.7 Å². The molecule has 0 aliphatic rings. The molecule has 0 unspecified atom stereocenters. The van der Waals surface area contributed by atoms with Gasteiger partial charge < -0.3 is 5.32 Å². The molecule has 2 aromatic heterocycles. The standard InChI is InChI=1S/C18H18FN5O/c1-13-2-3-14(10-17(13)19)4-5-18(25)21-11-15-12-24(23-22-15)16-6-8-20-9-7-16/h2-3,6-10,12H,4-5,11H2,1H3,(H,21,25). The van der Waals surface area contributed by atoms with Crippen LogP contribution in [0.15, 0.2) is 48.9 Å². The van der Waals surface area contributed by atoms with Crippen molar-refractivity contribution in [3.05, 3.63) is 71.6 Å². The maximum absolute atomic E-state index is 13.5. The maximum Gasteiger partial charge on any atom is 0.220 e. The number of amides is 1. The van der Waals surface area contributed by atoms with Gasteiger partial charge in [0.2, 0.25) is 5.91 Å². The van der Waals surface area contributed by atoms with E-state index in [0.717, 1.165) is 11.3 Å². The van der Waals surface area contributed by atoms with E-state index in [0.29, 0.717) is 30.6 Å². The summed E-state index contributed by atoms with van der Waals surface area (Å²) in [5, 5.41) is 10.9. The minimum absolute atomic E-state index is 0.112. The number of benzene rings is 1. The fourth-order valence-corrected chi connectivity index (χ4v) is 2.33. The van der Waals surface area contributed by atoms with E-state index < -0.39 is 0 Å². The van der Waals surface area contributed by atoms with Crippen LogP contribution >= 0.6 is 0 Å². The van der Waals surface area contributed by atoms with Crippen molar-refractivity contribution < 1.29 is 9.18 Å². The summed E-state index contributed by atoms with van der Waals surface area (Å²) >= 11 is 0. The fourth-order valence-electron chi connectivity index (χ4n) is 2.33. The number of carbonyl (C=O) groups is 1. The molecule has 0 saturated carbocycles. The van der Waals surface area contributed by atoms with Crippen LogP contribution in [0.4, 0.5) is 4.39 Å². The van der Waals surface area contributed by atoms with Gasteiger partial charge in [0.05, 0.1) is 18.4 Å². The second-order valence-electron chi connectivity index (χ2n) is 5.72. The highest BCUT2D eigenvalue weighted by molar-refractivity contribution is 5.76. The van der Waals surface area contributed by atoms with Crippen molar-refractivity contribution in [2.45, 2.75) is 26.3 Å². The number of nitrogens with zero attached hydrogens (tertiary/aromatic N) is 4. The summed E-state index contributed by atoms with van der Waals surface area (Å²) < 4.78 is 15.1. The topological polar surface area (TPSA) is 72.7 Å². The minimum Gasteiger partial charge on any atom is -0.350 e. The predicted octanol–water partition coefficient (Wildman–Crippen LogP) is 2.36. The molecule has 0 aliphatic carbocycles. The Kier molecular flexibility index (Phi) is 5.13. The number of carbonyl (C=O) groups excluding carboxylic acids is 1. The summed E-state index contributed by atoms with van der Waals surface area (Å²) in [6.07, 6.45) is 5.89. The van der Waals surface area contributed by atoms with E-state index in [9.17, 15) is 9.18 Å².